The molecule has 3 heterocycles. The van der Waals surface area contributed by atoms with E-state index in [0.717, 1.165) is 18.8 Å². The fraction of sp³-hybridized carbons (Fsp3) is 0.654. The summed E-state index contributed by atoms with van der Waals surface area (Å²) in [6.07, 6.45) is -0.0795. The molecule has 3 amide bonds. The molecule has 0 saturated carbocycles. The predicted octanol–water partition coefficient (Wildman–Crippen LogP) is 1.98. The van der Waals surface area contributed by atoms with Crippen molar-refractivity contribution in [1.82, 2.24) is 10.2 Å². The van der Waals surface area contributed by atoms with Gasteiger partial charge < -0.3 is 30.3 Å². The van der Waals surface area contributed by atoms with Crippen molar-refractivity contribution >= 4 is 45.0 Å². The van der Waals surface area contributed by atoms with Gasteiger partial charge in [-0.2, -0.15) is 0 Å². The van der Waals surface area contributed by atoms with E-state index in [1.165, 1.54) is 11.9 Å². The van der Waals surface area contributed by atoms with Crippen molar-refractivity contribution in [1.29, 1.82) is 0 Å². The first-order valence-corrected chi connectivity index (χ1v) is 13.7. The Kier molecular flexibility index (Phi) is 7.69. The molecule has 36 heavy (non-hydrogen) atoms. The number of benzene rings is 1. The molecule has 3 fully saturated rings. The maximum absolute atomic E-state index is 13.9. The van der Waals surface area contributed by atoms with Crippen molar-refractivity contribution < 1.29 is 24.2 Å². The third kappa shape index (κ3) is 4.11. The number of rotatable bonds is 9. The summed E-state index contributed by atoms with van der Waals surface area (Å²) < 4.78 is 6.44. The number of halogens is 1. The maximum atomic E-state index is 13.9. The highest BCUT2D eigenvalue weighted by Crippen LogP contribution is 2.60. The van der Waals surface area contributed by atoms with E-state index in [1.54, 1.807) is 0 Å². The summed E-state index contributed by atoms with van der Waals surface area (Å²) >= 11 is 3.65. The Hall–Kier alpha value is -2.17. The minimum atomic E-state index is -1.15. The van der Waals surface area contributed by atoms with Crippen molar-refractivity contribution in [3.8, 4) is 0 Å². The number of nitrogens with one attached hydrogen (secondary N) is 2. The molecule has 4 rings (SSSR count). The largest absolute Gasteiger partial charge is 0.394 e. The fourth-order valence-corrected chi connectivity index (χ4v) is 7.31. The molecule has 3 aliphatic rings. The summed E-state index contributed by atoms with van der Waals surface area (Å²) in [5.74, 6) is -2.56. The number of anilines is 2. The average Bonchev–Trinajstić information content (AvgIpc) is 3.44. The molecule has 0 aromatic heterocycles. The zero-order valence-electron chi connectivity index (χ0n) is 21.5. The average molecular weight is 566 g/mol. The minimum Gasteiger partial charge on any atom is -0.394 e. The number of carbonyl (C=O) groups is 3. The minimum absolute atomic E-state index is 0.103. The molecule has 0 aliphatic carbocycles. The van der Waals surface area contributed by atoms with Gasteiger partial charge in [-0.1, -0.05) is 29.8 Å². The van der Waals surface area contributed by atoms with Crippen molar-refractivity contribution in [2.45, 2.75) is 62.7 Å². The van der Waals surface area contributed by atoms with Gasteiger partial charge >= 0.3 is 0 Å². The van der Waals surface area contributed by atoms with Gasteiger partial charge in [-0.15, -0.1) is 0 Å². The van der Waals surface area contributed by atoms with Crippen LogP contribution in [0.5, 0.6) is 0 Å². The highest BCUT2D eigenvalue weighted by molar-refractivity contribution is 9.09. The van der Waals surface area contributed by atoms with Gasteiger partial charge in [0, 0.05) is 36.3 Å². The van der Waals surface area contributed by atoms with E-state index >= 15 is 0 Å². The first-order valence-electron chi connectivity index (χ1n) is 12.8. The van der Waals surface area contributed by atoms with Crippen LogP contribution in [0.4, 0.5) is 11.4 Å². The molecule has 3 saturated heterocycles. The number of hydrogen-bond donors (Lipinski definition) is 3. The Labute approximate surface area is 221 Å². The molecule has 1 spiro atoms. The fourth-order valence-electron chi connectivity index (χ4n) is 6.37. The Morgan fingerprint density at radius 3 is 2.39 bits per heavy atom. The molecular weight excluding hydrogens is 528 g/mol. The van der Waals surface area contributed by atoms with Gasteiger partial charge in [-0.25, -0.2) is 0 Å². The second-order valence-corrected chi connectivity index (χ2v) is 11.4. The topological polar surface area (TPSA) is 111 Å². The zero-order chi connectivity index (χ0) is 26.4. The summed E-state index contributed by atoms with van der Waals surface area (Å²) in [4.78, 5) is 44.3. The predicted molar refractivity (Wildman–Crippen MR) is 141 cm³/mol. The van der Waals surface area contributed by atoms with Crippen molar-refractivity contribution in [2.75, 3.05) is 37.0 Å². The van der Waals surface area contributed by atoms with Crippen molar-refractivity contribution in [2.24, 2.45) is 17.8 Å². The number of alkyl halides is 1. The van der Waals surface area contributed by atoms with Gasteiger partial charge in [0.25, 0.3) is 0 Å². The molecule has 3 N–H and O–H groups in total. The number of carbonyl (C=O) groups excluding carboxylic acids is 3. The van der Waals surface area contributed by atoms with Crippen LogP contribution in [0, 0.1) is 17.8 Å². The second kappa shape index (κ2) is 10.3. The van der Waals surface area contributed by atoms with Crippen molar-refractivity contribution in [3.05, 3.63) is 24.3 Å². The van der Waals surface area contributed by atoms with Crippen LogP contribution in [-0.2, 0) is 19.1 Å². The van der Waals surface area contributed by atoms with E-state index in [0.29, 0.717) is 12.1 Å². The van der Waals surface area contributed by atoms with E-state index < -0.39 is 35.6 Å². The highest BCUT2D eigenvalue weighted by atomic mass is 79.9. The van der Waals surface area contributed by atoms with Gasteiger partial charge in [-0.3, -0.25) is 14.4 Å². The van der Waals surface area contributed by atoms with Gasteiger partial charge in [0.15, 0.2) is 0 Å². The lowest BCUT2D eigenvalue weighted by Crippen LogP contribution is -2.57. The molecule has 0 radical (unpaired) electrons. The lowest BCUT2D eigenvalue weighted by atomic mass is 9.70. The molecule has 1 aromatic rings. The third-order valence-corrected chi connectivity index (χ3v) is 8.95. The highest BCUT2D eigenvalue weighted by Gasteiger charge is 2.77. The quantitative estimate of drug-likeness (QED) is 0.395. The molecule has 2 bridgehead atoms. The van der Waals surface area contributed by atoms with Gasteiger partial charge in [-0.05, 0) is 50.5 Å². The number of fused-ring (bicyclic) bond motifs is 1. The maximum Gasteiger partial charge on any atom is 0.250 e. The van der Waals surface area contributed by atoms with Crippen LogP contribution < -0.4 is 15.5 Å². The lowest BCUT2D eigenvalue weighted by molar-refractivity contribution is -0.145. The monoisotopic (exact) mass is 564 g/mol. The number of aliphatic hydroxyl groups is 1. The van der Waals surface area contributed by atoms with Crippen molar-refractivity contribution in [3.63, 3.8) is 0 Å². The lowest BCUT2D eigenvalue weighted by Gasteiger charge is -2.38. The van der Waals surface area contributed by atoms with E-state index in [2.05, 4.69) is 45.3 Å². The van der Waals surface area contributed by atoms with Crippen LogP contribution in [0.2, 0.25) is 0 Å². The summed E-state index contributed by atoms with van der Waals surface area (Å²) in [5, 5.41) is 15.9. The Balaban J connectivity index is 1.71. The molecule has 3 aliphatic heterocycles. The molecule has 10 heteroatoms. The standard InChI is InChI=1S/C26H37BrN4O5/c1-6-30(7-2)16-10-8-15(9-11-16)29-24(34)22-26-12-17(27)21(36-26)19(23(33)28-5)20(26)25(35)31(22)18(13-32)14(3)4/h8-11,14,17-22,32H,6-7,12-13H2,1-5H3,(H,28,33)(H,29,34)/t17?,18-,19-,20-,21-,22?,26?/m0/s1. The summed E-state index contributed by atoms with van der Waals surface area (Å²) in [6, 6.07) is 6.05. The molecule has 198 valence electrons. The van der Waals surface area contributed by atoms with Crippen LogP contribution in [0.1, 0.15) is 34.1 Å². The Bertz CT molecular complexity index is 1000. The number of amides is 3. The number of hydrogen-bond acceptors (Lipinski definition) is 6. The zero-order valence-corrected chi connectivity index (χ0v) is 23.1. The van der Waals surface area contributed by atoms with Crippen LogP contribution in [0.15, 0.2) is 24.3 Å². The second-order valence-electron chi connectivity index (χ2n) is 10.2. The first-order chi connectivity index (χ1) is 17.1. The van der Waals surface area contributed by atoms with E-state index in [-0.39, 0.29) is 35.1 Å². The molecule has 9 nitrogen and oxygen atoms in total. The molecule has 3 unspecified atom stereocenters. The number of nitrogens with zero attached hydrogens (tertiary/aromatic N) is 2. The van der Waals surface area contributed by atoms with Crippen LogP contribution in [-0.4, -0.2) is 83.1 Å². The van der Waals surface area contributed by atoms with E-state index in [1.807, 2.05) is 38.1 Å². The third-order valence-electron chi connectivity index (χ3n) is 8.10. The normalized spacial score (nSPS) is 31.5. The first kappa shape index (κ1) is 26.9. The summed E-state index contributed by atoms with van der Waals surface area (Å²) in [7, 11) is 1.54. The molecular formula is C26H37BrN4O5. The van der Waals surface area contributed by atoms with Gasteiger partial charge in [0.1, 0.15) is 11.6 Å². The Morgan fingerprint density at radius 1 is 1.22 bits per heavy atom. The summed E-state index contributed by atoms with van der Waals surface area (Å²) in [6.45, 7) is 9.45. The van der Waals surface area contributed by atoms with E-state index in [4.69, 9.17) is 4.74 Å². The van der Waals surface area contributed by atoms with Crippen LogP contribution in [0.25, 0.3) is 0 Å². The number of ether oxygens (including phenoxy) is 1. The molecule has 7 atom stereocenters. The van der Waals surface area contributed by atoms with Gasteiger partial charge in [0.05, 0.1) is 30.6 Å². The number of likely N-dealkylation sites (tertiary alicyclic amines) is 1. The van der Waals surface area contributed by atoms with Crippen LogP contribution >= 0.6 is 15.9 Å². The van der Waals surface area contributed by atoms with Crippen LogP contribution in [0.3, 0.4) is 0 Å². The number of aliphatic hydroxyl groups excluding tert-OH is 1. The molecule has 1 aromatic carbocycles. The smallest absolute Gasteiger partial charge is 0.250 e. The van der Waals surface area contributed by atoms with E-state index in [9.17, 15) is 19.5 Å². The Morgan fingerprint density at radius 2 is 1.86 bits per heavy atom. The van der Waals surface area contributed by atoms with Gasteiger partial charge in [0.2, 0.25) is 17.7 Å². The summed E-state index contributed by atoms with van der Waals surface area (Å²) in [5.41, 5.74) is 0.516. The SMILES string of the molecule is CCN(CC)c1ccc(NC(=O)C2N([C@@H](CO)C(C)C)C(=O)[C@@H]3[C@H](C(=O)NC)[C@H]4OC23CC4Br)cc1.